The molecule has 2 nitrogen and oxygen atoms in total. The molecule has 0 bridgehead atoms. The van der Waals surface area contributed by atoms with Gasteiger partial charge in [-0.2, -0.15) is 0 Å². The summed E-state index contributed by atoms with van der Waals surface area (Å²) in [6.07, 6.45) is 2.45. The lowest BCUT2D eigenvalue weighted by molar-refractivity contribution is -0.114. The second kappa shape index (κ2) is 6.46. The van der Waals surface area contributed by atoms with Crippen LogP contribution in [0.5, 0.6) is 0 Å². The molecular formula is C8H16O2. The number of rotatable bonds is 1. The fourth-order valence-corrected chi connectivity index (χ4v) is 0. The van der Waals surface area contributed by atoms with Crippen LogP contribution >= 0.6 is 0 Å². The van der Waals surface area contributed by atoms with Gasteiger partial charge in [0.2, 0.25) is 0 Å². The second-order valence-electron chi connectivity index (χ2n) is 3.06. The molecule has 60 valence electrons. The average Bonchev–Trinajstić information content (AvgIpc) is 1.87. The Bertz CT molecular complexity index is 89.9. The number of carbonyl (C=O) groups is 2. The molecule has 0 radical (unpaired) electrons. The van der Waals surface area contributed by atoms with Crippen molar-refractivity contribution in [1.29, 1.82) is 0 Å². The number of hydrogen-bond acceptors (Lipinski definition) is 2. The maximum absolute atomic E-state index is 9.83. The summed E-state index contributed by atoms with van der Waals surface area (Å²) < 4.78 is 0. The van der Waals surface area contributed by atoms with E-state index in [1.54, 1.807) is 0 Å². The molecule has 0 N–H and O–H groups in total. The Morgan fingerprint density at radius 2 is 1.40 bits per heavy atom. The quantitative estimate of drug-likeness (QED) is 0.526. The van der Waals surface area contributed by atoms with Gasteiger partial charge in [-0.25, -0.2) is 0 Å². The summed E-state index contributed by atoms with van der Waals surface area (Å²) in [6.45, 7) is 7.44. The number of carbonyl (C=O) groups excluding carboxylic acids is 2. The minimum absolute atomic E-state index is 0.139. The lowest BCUT2D eigenvalue weighted by atomic mass is 10.0. The van der Waals surface area contributed by atoms with E-state index >= 15 is 0 Å². The van der Waals surface area contributed by atoms with Gasteiger partial charge in [0.05, 0.1) is 0 Å². The van der Waals surface area contributed by atoms with Crippen LogP contribution in [-0.4, -0.2) is 12.6 Å². The summed E-state index contributed by atoms with van der Waals surface area (Å²) in [5.41, 5.74) is -0.139. The Morgan fingerprint density at radius 3 is 1.40 bits per heavy atom. The standard InChI is InChI=1S/C5H10O.C3H6O/c1-5(2,3)4-6;1-2-3-4/h4H,1-3H3;3H,2H2,1H3. The lowest BCUT2D eigenvalue weighted by Crippen LogP contribution is -2.04. The van der Waals surface area contributed by atoms with Gasteiger partial charge in [-0.05, 0) is 0 Å². The minimum Gasteiger partial charge on any atom is -0.303 e. The van der Waals surface area contributed by atoms with Crippen molar-refractivity contribution in [1.82, 2.24) is 0 Å². The van der Waals surface area contributed by atoms with Crippen LogP contribution < -0.4 is 0 Å². The minimum atomic E-state index is -0.139. The van der Waals surface area contributed by atoms with E-state index < -0.39 is 0 Å². The predicted octanol–water partition coefficient (Wildman–Crippen LogP) is 1.83. The zero-order valence-electron chi connectivity index (χ0n) is 7.18. The molecule has 0 amide bonds. The zero-order chi connectivity index (χ0) is 8.62. The third-order valence-corrected chi connectivity index (χ3v) is 0.520. The van der Waals surface area contributed by atoms with Crippen molar-refractivity contribution in [3.05, 3.63) is 0 Å². The first-order chi connectivity index (χ1) is 4.47. The van der Waals surface area contributed by atoms with Crippen molar-refractivity contribution in [3.63, 3.8) is 0 Å². The molecule has 0 aliphatic rings. The van der Waals surface area contributed by atoms with Crippen LogP contribution in [0.25, 0.3) is 0 Å². The van der Waals surface area contributed by atoms with E-state index in [2.05, 4.69) is 0 Å². The molecule has 0 atom stereocenters. The van der Waals surface area contributed by atoms with E-state index in [-0.39, 0.29) is 5.41 Å². The van der Waals surface area contributed by atoms with E-state index in [4.69, 9.17) is 0 Å². The van der Waals surface area contributed by atoms with Gasteiger partial charge in [0.15, 0.2) is 0 Å². The summed E-state index contributed by atoms with van der Waals surface area (Å²) in [4.78, 5) is 19.0. The SMILES string of the molecule is CC(C)(C)C=O.CCC=O. The maximum atomic E-state index is 9.83. The fourth-order valence-electron chi connectivity index (χ4n) is 0. The molecule has 0 aromatic rings. The molecule has 10 heavy (non-hydrogen) atoms. The summed E-state index contributed by atoms with van der Waals surface area (Å²) in [7, 11) is 0. The van der Waals surface area contributed by atoms with Gasteiger partial charge in [0, 0.05) is 11.8 Å². The van der Waals surface area contributed by atoms with Crippen LogP contribution in [0.4, 0.5) is 0 Å². The molecule has 0 aromatic heterocycles. The first kappa shape index (κ1) is 12.1. The van der Waals surface area contributed by atoms with Gasteiger partial charge in [-0.1, -0.05) is 27.7 Å². The van der Waals surface area contributed by atoms with E-state index in [1.807, 2.05) is 27.7 Å². The lowest BCUT2D eigenvalue weighted by Gasteiger charge is -2.03. The Kier molecular flexibility index (Phi) is 7.79. The molecule has 0 aliphatic carbocycles. The van der Waals surface area contributed by atoms with E-state index in [0.29, 0.717) is 6.42 Å². The molecule has 0 aliphatic heterocycles. The average molecular weight is 144 g/mol. The Hall–Kier alpha value is -0.660. The highest BCUT2D eigenvalue weighted by Crippen LogP contribution is 2.05. The smallest absolute Gasteiger partial charge is 0.125 e. The molecule has 0 spiro atoms. The van der Waals surface area contributed by atoms with Gasteiger partial charge in [0.1, 0.15) is 12.6 Å². The van der Waals surface area contributed by atoms with Crippen molar-refractivity contribution in [2.24, 2.45) is 5.41 Å². The first-order valence-corrected chi connectivity index (χ1v) is 3.38. The van der Waals surface area contributed by atoms with Gasteiger partial charge >= 0.3 is 0 Å². The van der Waals surface area contributed by atoms with Crippen molar-refractivity contribution < 1.29 is 9.59 Å². The first-order valence-electron chi connectivity index (χ1n) is 3.38. The zero-order valence-corrected chi connectivity index (χ0v) is 7.18. The third-order valence-electron chi connectivity index (χ3n) is 0.520. The monoisotopic (exact) mass is 144 g/mol. The van der Waals surface area contributed by atoms with Gasteiger partial charge in [0.25, 0.3) is 0 Å². The summed E-state index contributed by atoms with van der Waals surface area (Å²) in [5.74, 6) is 0. The second-order valence-corrected chi connectivity index (χ2v) is 3.06. The van der Waals surface area contributed by atoms with Crippen LogP contribution in [-0.2, 0) is 9.59 Å². The summed E-state index contributed by atoms with van der Waals surface area (Å²) >= 11 is 0. The van der Waals surface area contributed by atoms with Crippen LogP contribution in [0, 0.1) is 5.41 Å². The van der Waals surface area contributed by atoms with Crippen LogP contribution in [0.3, 0.4) is 0 Å². The molecule has 0 saturated carbocycles. The Balaban J connectivity index is 0. The summed E-state index contributed by atoms with van der Waals surface area (Å²) in [6, 6.07) is 0. The predicted molar refractivity (Wildman–Crippen MR) is 41.9 cm³/mol. The largest absolute Gasteiger partial charge is 0.303 e. The van der Waals surface area contributed by atoms with Gasteiger partial charge in [-0.15, -0.1) is 0 Å². The molecule has 0 saturated heterocycles. The number of hydrogen-bond donors (Lipinski definition) is 0. The van der Waals surface area contributed by atoms with Crippen molar-refractivity contribution in [3.8, 4) is 0 Å². The van der Waals surface area contributed by atoms with E-state index in [0.717, 1.165) is 12.6 Å². The molecular weight excluding hydrogens is 128 g/mol. The molecule has 0 aromatic carbocycles. The molecule has 2 heteroatoms. The fraction of sp³-hybridized carbons (Fsp3) is 0.750. The molecule has 0 unspecified atom stereocenters. The van der Waals surface area contributed by atoms with E-state index in [1.165, 1.54) is 0 Å². The van der Waals surface area contributed by atoms with Crippen LogP contribution in [0.2, 0.25) is 0 Å². The van der Waals surface area contributed by atoms with Crippen LogP contribution in [0.15, 0.2) is 0 Å². The number of aldehydes is 2. The van der Waals surface area contributed by atoms with Crippen molar-refractivity contribution in [2.75, 3.05) is 0 Å². The van der Waals surface area contributed by atoms with Crippen molar-refractivity contribution in [2.45, 2.75) is 34.1 Å². The summed E-state index contributed by atoms with van der Waals surface area (Å²) in [5, 5.41) is 0. The highest BCUT2D eigenvalue weighted by atomic mass is 16.1. The van der Waals surface area contributed by atoms with Gasteiger partial charge < -0.3 is 9.59 Å². The normalized spacial score (nSPS) is 9.20. The maximum Gasteiger partial charge on any atom is 0.125 e. The molecule has 0 fully saturated rings. The third kappa shape index (κ3) is 26.4. The molecule has 0 heterocycles. The highest BCUT2D eigenvalue weighted by Gasteiger charge is 2.04. The van der Waals surface area contributed by atoms with Crippen LogP contribution in [0.1, 0.15) is 34.1 Å². The Morgan fingerprint density at radius 1 is 1.20 bits per heavy atom. The highest BCUT2D eigenvalue weighted by molar-refractivity contribution is 5.56. The van der Waals surface area contributed by atoms with E-state index in [9.17, 15) is 9.59 Å². The van der Waals surface area contributed by atoms with Gasteiger partial charge in [-0.3, -0.25) is 0 Å². The van der Waals surface area contributed by atoms with Crippen molar-refractivity contribution >= 4 is 12.6 Å². The molecule has 0 rings (SSSR count). The Labute approximate surface area is 62.6 Å². The topological polar surface area (TPSA) is 34.1 Å².